The SMILES string of the molecule is CC(=O)NC1[C@H](O[C@H]2C(CO)O[C@@H](O[C@@H]3C(CO)OC(O)C(O)[C@H]3O)C(O)[C@H]2O)OC(CO)[C@H](O)[C@@H]1O[C@@H]1OC(CO)[C@H](O)[C@H](O[C@]2(C(=O)O)CC(O)[C@@H](C)[C@H]([C@H](O)[C@H](O)CO)O2)C1O. The topological polar surface area (TPSA) is 473 Å². The molecule has 5 aliphatic rings. The Morgan fingerprint density at radius 1 is 0.631 bits per heavy atom. The molecular weight excluding hydrogens is 894 g/mol. The van der Waals surface area contributed by atoms with Crippen molar-refractivity contribution in [2.45, 2.75) is 173 Å². The van der Waals surface area contributed by atoms with Crippen LogP contribution in [-0.4, -0.2) is 285 Å². The highest BCUT2D eigenvalue weighted by atomic mass is 16.8. The molecular formula is C36H61NO28. The van der Waals surface area contributed by atoms with Crippen LogP contribution in [0.25, 0.3) is 0 Å². The lowest BCUT2D eigenvalue weighted by molar-refractivity contribution is -0.389. The maximum Gasteiger partial charge on any atom is 0.364 e. The summed E-state index contributed by atoms with van der Waals surface area (Å²) in [6.07, 6.45) is -45.2. The van der Waals surface area contributed by atoms with Gasteiger partial charge in [0.15, 0.2) is 25.2 Å². The largest absolute Gasteiger partial charge is 0.477 e. The summed E-state index contributed by atoms with van der Waals surface area (Å²) in [7, 11) is 0. The van der Waals surface area contributed by atoms with E-state index < -0.39 is 210 Å². The summed E-state index contributed by atoms with van der Waals surface area (Å²) in [5.41, 5.74) is 0. The lowest BCUT2D eigenvalue weighted by atomic mass is 9.84. The molecule has 5 rings (SSSR count). The Bertz CT molecular complexity index is 1530. The van der Waals surface area contributed by atoms with E-state index in [1.165, 1.54) is 6.92 Å². The highest BCUT2D eigenvalue weighted by Crippen LogP contribution is 2.40. The first-order valence-corrected chi connectivity index (χ1v) is 20.6. The second-order valence-electron chi connectivity index (χ2n) is 16.5. The summed E-state index contributed by atoms with van der Waals surface area (Å²) < 4.78 is 50.7. The average Bonchev–Trinajstić information content (AvgIpc) is 3.27. The molecule has 0 aromatic carbocycles. The van der Waals surface area contributed by atoms with Gasteiger partial charge in [-0.2, -0.15) is 0 Å². The highest BCUT2D eigenvalue weighted by Gasteiger charge is 2.60. The first-order valence-electron chi connectivity index (χ1n) is 20.6. The van der Waals surface area contributed by atoms with E-state index >= 15 is 0 Å². The Morgan fingerprint density at radius 3 is 1.65 bits per heavy atom. The fraction of sp³-hybridized carbons (Fsp3) is 0.944. The van der Waals surface area contributed by atoms with Crippen molar-refractivity contribution < 1.29 is 139 Å². The fourth-order valence-corrected chi connectivity index (χ4v) is 8.32. The van der Waals surface area contributed by atoms with E-state index in [1.807, 2.05) is 0 Å². The van der Waals surface area contributed by atoms with Gasteiger partial charge < -0.3 is 135 Å². The van der Waals surface area contributed by atoms with Crippen molar-refractivity contribution in [3.8, 4) is 0 Å². The molecule has 5 aliphatic heterocycles. The van der Waals surface area contributed by atoms with Crippen molar-refractivity contribution in [2.75, 3.05) is 33.0 Å². The summed E-state index contributed by atoms with van der Waals surface area (Å²) >= 11 is 0. The van der Waals surface area contributed by atoms with Gasteiger partial charge in [0.1, 0.15) is 110 Å². The molecule has 0 saturated carbocycles. The number of carbonyl (C=O) groups excluding carboxylic acids is 1. The van der Waals surface area contributed by atoms with E-state index in [9.17, 15) is 96.4 Å². The number of nitrogens with one attached hydrogen (secondary N) is 1. The Morgan fingerprint density at radius 2 is 1.11 bits per heavy atom. The van der Waals surface area contributed by atoms with E-state index in [-0.39, 0.29) is 0 Å². The fourth-order valence-electron chi connectivity index (χ4n) is 8.32. The second kappa shape index (κ2) is 22.6. The van der Waals surface area contributed by atoms with Crippen molar-refractivity contribution in [1.29, 1.82) is 0 Å². The minimum Gasteiger partial charge on any atom is -0.477 e. The molecule has 0 spiro atoms. The molecule has 29 heteroatoms. The van der Waals surface area contributed by atoms with E-state index in [4.69, 9.17) is 42.6 Å². The van der Waals surface area contributed by atoms with Crippen LogP contribution in [0.3, 0.4) is 0 Å². The van der Waals surface area contributed by atoms with Gasteiger partial charge in [-0.25, -0.2) is 4.79 Å². The number of aliphatic hydroxyl groups is 16. The number of aliphatic hydroxyl groups excluding tert-OH is 16. The van der Waals surface area contributed by atoms with Crippen molar-refractivity contribution >= 4 is 11.9 Å². The van der Waals surface area contributed by atoms with Crippen molar-refractivity contribution in [3.63, 3.8) is 0 Å². The summed E-state index contributed by atoms with van der Waals surface area (Å²) in [4.78, 5) is 25.5. The van der Waals surface area contributed by atoms with Crippen LogP contribution >= 0.6 is 0 Å². The summed E-state index contributed by atoms with van der Waals surface area (Å²) in [5.74, 6) is -6.95. The van der Waals surface area contributed by atoms with Gasteiger partial charge in [-0.15, -0.1) is 0 Å². The highest BCUT2D eigenvalue weighted by molar-refractivity contribution is 5.76. The lowest BCUT2D eigenvalue weighted by Gasteiger charge is -2.51. The molecule has 0 radical (unpaired) electrons. The molecule has 5 saturated heterocycles. The number of carboxylic acid groups (broad SMARTS) is 1. The molecule has 0 aromatic rings. The quantitative estimate of drug-likeness (QED) is 0.0644. The van der Waals surface area contributed by atoms with Gasteiger partial charge in [0.05, 0.1) is 45.2 Å². The molecule has 18 N–H and O–H groups in total. The predicted octanol–water partition coefficient (Wildman–Crippen LogP) is -11.3. The molecule has 0 aromatic heterocycles. The molecule has 378 valence electrons. The zero-order valence-electron chi connectivity index (χ0n) is 34.8. The first kappa shape index (κ1) is 53.9. The van der Waals surface area contributed by atoms with Gasteiger partial charge in [-0.1, -0.05) is 6.92 Å². The molecule has 10 unspecified atom stereocenters. The zero-order valence-corrected chi connectivity index (χ0v) is 34.8. The zero-order chi connectivity index (χ0) is 48.4. The summed E-state index contributed by atoms with van der Waals surface area (Å²) in [5, 5.41) is 181. The van der Waals surface area contributed by atoms with Gasteiger partial charge in [-0.05, 0) is 0 Å². The molecule has 5 fully saturated rings. The standard InChI is InChI=1S/C36H61NO28/c1-9-11(44)3-36(35(55)56,64-26(9)18(46)12(45)4-38)65-30-20(48)14(6-40)59-34(25(30)53)63-29-17(37-10(2)43)32(58-13(5-39)19(29)47)61-28-16(8-42)60-33(24(52)22(28)50)62-27-15(7-41)57-31(54)23(51)21(27)49/h9,11-34,38-42,44-54H,3-8H2,1-2H3,(H,37,43)(H,55,56)/t9-,11?,12-,13?,14?,15?,16?,17?,18-,19+,20+,21-,22-,23?,24?,25?,26-,27-,28+,29-,30+,31?,32+,33+,34+,36+/m1/s1. The van der Waals surface area contributed by atoms with Gasteiger partial charge in [0.25, 0.3) is 5.79 Å². The Labute approximate surface area is 368 Å². The smallest absolute Gasteiger partial charge is 0.364 e. The second-order valence-corrected chi connectivity index (χ2v) is 16.5. The molecule has 65 heavy (non-hydrogen) atoms. The lowest BCUT2D eigenvalue weighted by Crippen LogP contribution is -2.70. The van der Waals surface area contributed by atoms with Crippen molar-refractivity contribution in [3.05, 3.63) is 0 Å². The molecule has 5 heterocycles. The van der Waals surface area contributed by atoms with Crippen molar-refractivity contribution in [1.82, 2.24) is 5.32 Å². The Balaban J connectivity index is 1.41. The molecule has 0 bridgehead atoms. The molecule has 26 atom stereocenters. The number of amides is 1. The monoisotopic (exact) mass is 955 g/mol. The number of carbonyl (C=O) groups is 2. The number of rotatable bonds is 17. The summed E-state index contributed by atoms with van der Waals surface area (Å²) in [6.45, 7) is -2.68. The van der Waals surface area contributed by atoms with Gasteiger partial charge in [0, 0.05) is 19.3 Å². The Kier molecular flexibility index (Phi) is 18.7. The van der Waals surface area contributed by atoms with Gasteiger partial charge >= 0.3 is 5.97 Å². The normalized spacial score (nSPS) is 48.3. The van der Waals surface area contributed by atoms with E-state index in [0.29, 0.717) is 0 Å². The van der Waals surface area contributed by atoms with Crippen LogP contribution in [0.15, 0.2) is 0 Å². The minimum absolute atomic E-state index is 0.870. The maximum absolute atomic E-state index is 12.8. The number of hydrogen-bond acceptors (Lipinski definition) is 27. The van der Waals surface area contributed by atoms with E-state index in [2.05, 4.69) is 5.32 Å². The van der Waals surface area contributed by atoms with Gasteiger partial charge in [0.2, 0.25) is 5.91 Å². The number of ether oxygens (including phenoxy) is 9. The number of carboxylic acids is 1. The third kappa shape index (κ3) is 11.2. The van der Waals surface area contributed by atoms with Crippen LogP contribution < -0.4 is 5.32 Å². The Hall–Kier alpha value is -2.06. The van der Waals surface area contributed by atoms with Crippen LogP contribution in [0.2, 0.25) is 0 Å². The third-order valence-corrected chi connectivity index (χ3v) is 12.1. The minimum atomic E-state index is -3.02. The van der Waals surface area contributed by atoms with Gasteiger partial charge in [-0.3, -0.25) is 4.79 Å². The van der Waals surface area contributed by atoms with E-state index in [0.717, 1.165) is 6.92 Å². The van der Waals surface area contributed by atoms with Crippen LogP contribution in [0.1, 0.15) is 20.3 Å². The maximum atomic E-state index is 12.8. The van der Waals surface area contributed by atoms with Crippen LogP contribution in [-0.2, 0) is 52.2 Å². The number of aliphatic carboxylic acids is 1. The predicted molar refractivity (Wildman–Crippen MR) is 198 cm³/mol. The van der Waals surface area contributed by atoms with Crippen LogP contribution in [0, 0.1) is 5.92 Å². The molecule has 1 amide bonds. The van der Waals surface area contributed by atoms with E-state index in [1.54, 1.807) is 0 Å². The molecule has 0 aliphatic carbocycles. The van der Waals surface area contributed by atoms with Crippen LogP contribution in [0.4, 0.5) is 0 Å². The molecule has 29 nitrogen and oxygen atoms in total. The summed E-state index contributed by atoms with van der Waals surface area (Å²) in [6, 6.07) is -1.78. The third-order valence-electron chi connectivity index (χ3n) is 12.1. The number of hydrogen-bond donors (Lipinski definition) is 18. The van der Waals surface area contributed by atoms with Crippen LogP contribution in [0.5, 0.6) is 0 Å². The first-order chi connectivity index (χ1) is 30.6. The van der Waals surface area contributed by atoms with Crippen molar-refractivity contribution in [2.24, 2.45) is 5.92 Å². The average molecular weight is 956 g/mol.